The second kappa shape index (κ2) is 8.33. The van der Waals surface area contributed by atoms with E-state index in [1.54, 1.807) is 6.07 Å². The van der Waals surface area contributed by atoms with Crippen LogP contribution in [0.5, 0.6) is 0 Å². The van der Waals surface area contributed by atoms with Gasteiger partial charge in [-0.2, -0.15) is 4.31 Å². The van der Waals surface area contributed by atoms with Gasteiger partial charge in [0, 0.05) is 41.4 Å². The lowest BCUT2D eigenvalue weighted by atomic mass is 9.61. The van der Waals surface area contributed by atoms with Gasteiger partial charge in [-0.25, -0.2) is 27.2 Å². The molecule has 168 valence electrons. The van der Waals surface area contributed by atoms with Gasteiger partial charge in [0.2, 0.25) is 10.0 Å². The van der Waals surface area contributed by atoms with E-state index in [0.717, 1.165) is 28.6 Å². The molecule has 2 heterocycles. The van der Waals surface area contributed by atoms with E-state index in [1.165, 1.54) is 41.0 Å². The molecular weight excluding hydrogens is 432 g/mol. The largest absolute Gasteiger partial charge is 0.243 e. The monoisotopic (exact) mass is 457 g/mol. The first-order valence-electron chi connectivity index (χ1n) is 10.5. The number of sulfonamides is 1. The minimum Gasteiger partial charge on any atom is -0.241 e. The van der Waals surface area contributed by atoms with E-state index in [0.29, 0.717) is 6.42 Å². The number of hydrogen-bond acceptors (Lipinski definition) is 4. The molecule has 4 rings (SSSR count). The number of hydrogen-bond donors (Lipinski definition) is 0. The molecule has 0 amide bonds. The Kier molecular flexibility index (Phi) is 5.85. The van der Waals surface area contributed by atoms with Crippen LogP contribution in [0.1, 0.15) is 35.9 Å². The zero-order valence-electron chi connectivity index (χ0n) is 18.2. The van der Waals surface area contributed by atoms with E-state index < -0.39 is 21.3 Å². The maximum Gasteiger partial charge on any atom is 0.243 e. The molecule has 8 heteroatoms. The maximum absolute atomic E-state index is 14.3. The maximum atomic E-state index is 14.3. The number of halogens is 2. The molecule has 1 atom stereocenters. The van der Waals surface area contributed by atoms with Gasteiger partial charge >= 0.3 is 0 Å². The first-order chi connectivity index (χ1) is 15.2. The van der Waals surface area contributed by atoms with Crippen LogP contribution in [-0.2, 0) is 15.4 Å². The molecule has 5 nitrogen and oxygen atoms in total. The quantitative estimate of drug-likeness (QED) is 0.551. The standard InChI is InChI=1S/C24H25F2N3O2S/c1-4-24(18-7-5-8-20(25)11-18,23-16(2)27-15-28-17(23)3)19-13-29(14-19)32(30,31)22-10-6-9-21(26)12-22/h5-12,15,19H,4,13-14H2,1-3H3. The van der Waals surface area contributed by atoms with Crippen molar-refractivity contribution in [3.8, 4) is 0 Å². The van der Waals surface area contributed by atoms with Crippen molar-refractivity contribution in [2.75, 3.05) is 13.1 Å². The summed E-state index contributed by atoms with van der Waals surface area (Å²) in [6.07, 6.45) is 2.12. The minimum atomic E-state index is -3.83. The van der Waals surface area contributed by atoms with E-state index >= 15 is 0 Å². The molecule has 1 aliphatic rings. The molecule has 0 aliphatic carbocycles. The predicted octanol–water partition coefficient (Wildman–Crippen LogP) is 4.39. The summed E-state index contributed by atoms with van der Waals surface area (Å²) >= 11 is 0. The Hall–Kier alpha value is -2.71. The van der Waals surface area contributed by atoms with Crippen LogP contribution >= 0.6 is 0 Å². The van der Waals surface area contributed by atoms with Crippen LogP contribution < -0.4 is 0 Å². The highest BCUT2D eigenvalue weighted by molar-refractivity contribution is 7.89. The summed E-state index contributed by atoms with van der Waals surface area (Å²) in [7, 11) is -3.83. The van der Waals surface area contributed by atoms with E-state index in [1.807, 2.05) is 26.8 Å². The molecule has 1 aromatic heterocycles. The number of aromatic nitrogens is 2. The van der Waals surface area contributed by atoms with Gasteiger partial charge < -0.3 is 0 Å². The number of benzene rings is 2. The first-order valence-corrected chi connectivity index (χ1v) is 11.9. The Balaban J connectivity index is 1.78. The summed E-state index contributed by atoms with van der Waals surface area (Å²) in [5.41, 5.74) is 2.59. The van der Waals surface area contributed by atoms with Crippen LogP contribution in [-0.4, -0.2) is 35.8 Å². The van der Waals surface area contributed by atoms with Gasteiger partial charge in [-0.05, 0) is 56.2 Å². The normalized spacial score (nSPS) is 17.0. The van der Waals surface area contributed by atoms with E-state index in [9.17, 15) is 17.2 Å². The van der Waals surface area contributed by atoms with Crippen molar-refractivity contribution in [3.05, 3.63) is 89.0 Å². The molecule has 1 saturated heterocycles. The van der Waals surface area contributed by atoms with Crippen molar-refractivity contribution in [3.63, 3.8) is 0 Å². The van der Waals surface area contributed by atoms with Crippen molar-refractivity contribution in [1.29, 1.82) is 0 Å². The third kappa shape index (κ3) is 3.61. The van der Waals surface area contributed by atoms with Gasteiger partial charge in [0.15, 0.2) is 0 Å². The van der Waals surface area contributed by atoms with Crippen LogP contribution in [0, 0.1) is 31.4 Å². The molecule has 1 unspecified atom stereocenters. The Morgan fingerprint density at radius 1 is 1.00 bits per heavy atom. The lowest BCUT2D eigenvalue weighted by Crippen LogP contribution is -2.58. The summed E-state index contributed by atoms with van der Waals surface area (Å²) in [4.78, 5) is 8.71. The second-order valence-corrected chi connectivity index (χ2v) is 10.2. The fraction of sp³-hybridized carbons (Fsp3) is 0.333. The topological polar surface area (TPSA) is 63.2 Å². The summed E-state index contributed by atoms with van der Waals surface area (Å²) in [6, 6.07) is 11.5. The zero-order valence-corrected chi connectivity index (χ0v) is 19.0. The molecule has 2 aromatic carbocycles. The van der Waals surface area contributed by atoms with E-state index in [2.05, 4.69) is 9.97 Å². The summed E-state index contributed by atoms with van der Waals surface area (Å²) in [5, 5.41) is 0. The first kappa shape index (κ1) is 22.5. The van der Waals surface area contributed by atoms with Gasteiger partial charge in [0.25, 0.3) is 0 Å². The minimum absolute atomic E-state index is 0.0702. The summed E-state index contributed by atoms with van der Waals surface area (Å²) < 4.78 is 55.4. The Morgan fingerprint density at radius 2 is 1.59 bits per heavy atom. The fourth-order valence-corrected chi connectivity index (χ4v) is 6.54. The Morgan fingerprint density at radius 3 is 2.16 bits per heavy atom. The number of rotatable bonds is 6. The predicted molar refractivity (Wildman–Crippen MR) is 118 cm³/mol. The Bertz CT molecular complexity index is 1240. The highest BCUT2D eigenvalue weighted by Gasteiger charge is 2.51. The molecule has 0 radical (unpaired) electrons. The average molecular weight is 458 g/mol. The summed E-state index contributed by atoms with van der Waals surface area (Å²) in [5.74, 6) is -1.07. The summed E-state index contributed by atoms with van der Waals surface area (Å²) in [6.45, 7) is 6.27. The number of nitrogens with zero attached hydrogens (tertiary/aromatic N) is 3. The van der Waals surface area contributed by atoms with Crippen LogP contribution in [0.3, 0.4) is 0 Å². The molecule has 32 heavy (non-hydrogen) atoms. The lowest BCUT2D eigenvalue weighted by molar-refractivity contribution is 0.123. The highest BCUT2D eigenvalue weighted by atomic mass is 32.2. The van der Waals surface area contributed by atoms with Crippen LogP contribution in [0.4, 0.5) is 8.78 Å². The van der Waals surface area contributed by atoms with E-state index in [4.69, 9.17) is 0 Å². The Labute approximate surface area is 187 Å². The van der Waals surface area contributed by atoms with Crippen molar-refractivity contribution < 1.29 is 17.2 Å². The third-order valence-electron chi connectivity index (χ3n) is 6.55. The molecule has 0 N–H and O–H groups in total. The van der Waals surface area contributed by atoms with Gasteiger partial charge in [0.05, 0.1) is 4.90 Å². The van der Waals surface area contributed by atoms with Crippen LogP contribution in [0.15, 0.2) is 59.8 Å². The molecular formula is C24H25F2N3O2S. The lowest BCUT2D eigenvalue weighted by Gasteiger charge is -2.51. The molecule has 1 aliphatic heterocycles. The molecule has 0 bridgehead atoms. The molecule has 0 saturated carbocycles. The van der Waals surface area contributed by atoms with Gasteiger partial charge in [0.1, 0.15) is 18.0 Å². The number of aryl methyl sites for hydroxylation is 2. The highest BCUT2D eigenvalue weighted by Crippen LogP contribution is 2.48. The second-order valence-electron chi connectivity index (χ2n) is 8.23. The van der Waals surface area contributed by atoms with Crippen molar-refractivity contribution in [2.45, 2.75) is 37.5 Å². The SMILES string of the molecule is CCC(c1cccc(F)c1)(c1c(C)ncnc1C)C1CN(S(=O)(=O)c2cccc(F)c2)C1. The van der Waals surface area contributed by atoms with Crippen LogP contribution in [0.2, 0.25) is 0 Å². The van der Waals surface area contributed by atoms with Crippen molar-refractivity contribution >= 4 is 10.0 Å². The van der Waals surface area contributed by atoms with Crippen molar-refractivity contribution in [1.82, 2.24) is 14.3 Å². The smallest absolute Gasteiger partial charge is 0.241 e. The van der Waals surface area contributed by atoms with Gasteiger partial charge in [-0.15, -0.1) is 0 Å². The van der Waals surface area contributed by atoms with E-state index in [-0.39, 0.29) is 29.7 Å². The van der Waals surface area contributed by atoms with Gasteiger partial charge in [-0.3, -0.25) is 0 Å². The third-order valence-corrected chi connectivity index (χ3v) is 8.38. The van der Waals surface area contributed by atoms with Crippen molar-refractivity contribution in [2.24, 2.45) is 5.92 Å². The molecule has 1 fully saturated rings. The molecule has 0 spiro atoms. The fourth-order valence-electron chi connectivity index (χ4n) is 4.98. The molecule has 3 aromatic rings. The van der Waals surface area contributed by atoms with Gasteiger partial charge in [-0.1, -0.05) is 25.1 Å². The average Bonchev–Trinajstić information content (AvgIpc) is 2.71. The van der Waals surface area contributed by atoms with Crippen LogP contribution in [0.25, 0.3) is 0 Å². The zero-order chi connectivity index (χ0) is 23.1.